The van der Waals surface area contributed by atoms with Crippen LogP contribution >= 0.6 is 15.9 Å². The van der Waals surface area contributed by atoms with E-state index in [0.717, 1.165) is 10.4 Å². The third-order valence-electron chi connectivity index (χ3n) is 4.48. The van der Waals surface area contributed by atoms with Crippen LogP contribution in [0.5, 0.6) is 0 Å². The molecule has 5 heteroatoms. The van der Waals surface area contributed by atoms with Crippen LogP contribution in [0.4, 0.5) is 0 Å². The maximum atomic E-state index is 4.42. The Hall–Kier alpha value is -0.390. The van der Waals surface area contributed by atoms with Gasteiger partial charge in [0.2, 0.25) is 0 Å². The van der Waals surface area contributed by atoms with Gasteiger partial charge in [-0.1, -0.05) is 0 Å². The Kier molecular flexibility index (Phi) is 4.56. The van der Waals surface area contributed by atoms with Crippen molar-refractivity contribution in [3.63, 3.8) is 0 Å². The quantitative estimate of drug-likeness (QED) is 0.925. The second kappa shape index (κ2) is 6.37. The summed E-state index contributed by atoms with van der Waals surface area (Å²) in [7, 11) is 0. The number of aromatic nitrogens is 2. The Bertz CT molecular complexity index is 392. The Labute approximate surface area is 123 Å². The maximum absolute atomic E-state index is 4.42. The van der Waals surface area contributed by atoms with Gasteiger partial charge in [-0.25, -0.2) is 0 Å². The van der Waals surface area contributed by atoms with Gasteiger partial charge in [0, 0.05) is 25.8 Å². The van der Waals surface area contributed by atoms with Crippen LogP contribution in [0.3, 0.4) is 0 Å². The monoisotopic (exact) mass is 326 g/mol. The summed E-state index contributed by atoms with van der Waals surface area (Å²) in [6.45, 7) is 6.18. The highest BCUT2D eigenvalue weighted by atomic mass is 79.9. The van der Waals surface area contributed by atoms with Crippen molar-refractivity contribution in [1.29, 1.82) is 0 Å². The van der Waals surface area contributed by atoms with Gasteiger partial charge in [-0.2, -0.15) is 5.10 Å². The fraction of sp³-hybridized carbons (Fsp3) is 0.786. The van der Waals surface area contributed by atoms with Crippen molar-refractivity contribution < 1.29 is 0 Å². The fourth-order valence-electron chi connectivity index (χ4n) is 3.31. The number of piperidine rings is 2. The first-order valence-electron chi connectivity index (χ1n) is 7.44. The molecule has 1 N–H and O–H groups in total. The van der Waals surface area contributed by atoms with E-state index in [2.05, 4.69) is 42.1 Å². The molecule has 0 radical (unpaired) electrons. The van der Waals surface area contributed by atoms with Crippen molar-refractivity contribution in [3.8, 4) is 0 Å². The SMILES string of the molecule is Brc1cnn(C2CCN(CC3CCNCC3)CC2)c1. The number of halogens is 1. The van der Waals surface area contributed by atoms with Gasteiger partial charge in [0.25, 0.3) is 0 Å². The fourth-order valence-corrected chi connectivity index (χ4v) is 3.61. The van der Waals surface area contributed by atoms with E-state index in [9.17, 15) is 0 Å². The van der Waals surface area contributed by atoms with Gasteiger partial charge in [0.1, 0.15) is 0 Å². The first kappa shape index (κ1) is 13.6. The van der Waals surface area contributed by atoms with E-state index in [0.29, 0.717) is 6.04 Å². The molecule has 3 heterocycles. The summed E-state index contributed by atoms with van der Waals surface area (Å²) in [5, 5.41) is 7.87. The smallest absolute Gasteiger partial charge is 0.0632 e. The molecule has 19 heavy (non-hydrogen) atoms. The number of likely N-dealkylation sites (tertiary alicyclic amines) is 1. The lowest BCUT2D eigenvalue weighted by molar-refractivity contribution is 0.146. The van der Waals surface area contributed by atoms with Crippen molar-refractivity contribution in [1.82, 2.24) is 20.0 Å². The van der Waals surface area contributed by atoms with Crippen LogP contribution in [-0.2, 0) is 0 Å². The van der Waals surface area contributed by atoms with E-state index >= 15 is 0 Å². The molecule has 0 spiro atoms. The van der Waals surface area contributed by atoms with E-state index in [-0.39, 0.29) is 0 Å². The summed E-state index contributed by atoms with van der Waals surface area (Å²) < 4.78 is 3.22. The highest BCUT2D eigenvalue weighted by molar-refractivity contribution is 9.10. The van der Waals surface area contributed by atoms with E-state index in [1.807, 2.05) is 6.20 Å². The number of hydrogen-bond donors (Lipinski definition) is 1. The predicted octanol–water partition coefficient (Wildman–Crippen LogP) is 2.28. The van der Waals surface area contributed by atoms with Crippen molar-refractivity contribution in [2.45, 2.75) is 31.7 Å². The van der Waals surface area contributed by atoms with Crippen LogP contribution in [0.2, 0.25) is 0 Å². The van der Waals surface area contributed by atoms with Crippen LogP contribution in [-0.4, -0.2) is 47.4 Å². The summed E-state index contributed by atoms with van der Waals surface area (Å²) in [4.78, 5) is 2.66. The molecule has 0 amide bonds. The van der Waals surface area contributed by atoms with Gasteiger partial charge in [-0.05, 0) is 60.6 Å². The van der Waals surface area contributed by atoms with Gasteiger partial charge in [-0.15, -0.1) is 0 Å². The molecule has 1 aromatic heterocycles. The van der Waals surface area contributed by atoms with E-state index < -0.39 is 0 Å². The Morgan fingerprint density at radius 1 is 1.21 bits per heavy atom. The molecule has 0 unspecified atom stereocenters. The molecular formula is C14H23BrN4. The number of hydrogen-bond acceptors (Lipinski definition) is 3. The number of rotatable bonds is 3. The van der Waals surface area contributed by atoms with Crippen LogP contribution in [0, 0.1) is 5.92 Å². The average Bonchev–Trinajstić information content (AvgIpc) is 2.87. The molecule has 2 aliphatic heterocycles. The lowest BCUT2D eigenvalue weighted by atomic mass is 9.96. The van der Waals surface area contributed by atoms with E-state index in [1.165, 1.54) is 58.4 Å². The highest BCUT2D eigenvalue weighted by Gasteiger charge is 2.23. The van der Waals surface area contributed by atoms with Crippen molar-refractivity contribution >= 4 is 15.9 Å². The summed E-state index contributed by atoms with van der Waals surface area (Å²) >= 11 is 3.48. The molecule has 2 saturated heterocycles. The minimum atomic E-state index is 0.593. The van der Waals surface area contributed by atoms with Gasteiger partial charge >= 0.3 is 0 Å². The Morgan fingerprint density at radius 2 is 1.95 bits per heavy atom. The first-order chi connectivity index (χ1) is 9.31. The number of nitrogens with zero attached hydrogens (tertiary/aromatic N) is 3. The summed E-state index contributed by atoms with van der Waals surface area (Å²) in [5.41, 5.74) is 0. The molecule has 3 rings (SSSR count). The van der Waals surface area contributed by atoms with E-state index in [1.54, 1.807) is 0 Å². The third-order valence-corrected chi connectivity index (χ3v) is 4.89. The molecule has 106 valence electrons. The molecule has 2 aliphatic rings. The zero-order chi connectivity index (χ0) is 13.1. The number of nitrogens with one attached hydrogen (secondary N) is 1. The topological polar surface area (TPSA) is 33.1 Å². The highest BCUT2D eigenvalue weighted by Crippen LogP contribution is 2.24. The van der Waals surface area contributed by atoms with E-state index in [4.69, 9.17) is 0 Å². The molecule has 0 saturated carbocycles. The van der Waals surface area contributed by atoms with Crippen molar-refractivity contribution in [2.24, 2.45) is 5.92 Å². The predicted molar refractivity (Wildman–Crippen MR) is 80.2 cm³/mol. The first-order valence-corrected chi connectivity index (χ1v) is 8.23. The third kappa shape index (κ3) is 3.58. The standard InChI is InChI=1S/C14H23BrN4/c15-13-9-17-19(11-13)14-3-7-18(8-4-14)10-12-1-5-16-6-2-12/h9,11-12,14,16H,1-8,10H2. The van der Waals surface area contributed by atoms with Gasteiger partial charge < -0.3 is 10.2 Å². The minimum absolute atomic E-state index is 0.593. The zero-order valence-corrected chi connectivity index (χ0v) is 13.0. The van der Waals surface area contributed by atoms with Crippen molar-refractivity contribution in [2.75, 3.05) is 32.7 Å². The Balaban J connectivity index is 1.46. The molecule has 1 aromatic rings. The van der Waals surface area contributed by atoms with Gasteiger partial charge in [-0.3, -0.25) is 4.68 Å². The second-order valence-electron chi connectivity index (χ2n) is 5.86. The normalized spacial score (nSPS) is 23.8. The van der Waals surface area contributed by atoms with Crippen LogP contribution in [0.25, 0.3) is 0 Å². The minimum Gasteiger partial charge on any atom is -0.317 e. The Morgan fingerprint density at radius 3 is 2.58 bits per heavy atom. The summed E-state index contributed by atoms with van der Waals surface area (Å²) in [5.74, 6) is 0.914. The van der Waals surface area contributed by atoms with Gasteiger partial charge in [0.15, 0.2) is 0 Å². The van der Waals surface area contributed by atoms with Gasteiger partial charge in [0.05, 0.1) is 16.7 Å². The molecule has 0 bridgehead atoms. The molecular weight excluding hydrogens is 304 g/mol. The van der Waals surface area contributed by atoms with Crippen LogP contribution < -0.4 is 5.32 Å². The summed E-state index contributed by atoms with van der Waals surface area (Å²) in [6.07, 6.45) is 9.17. The largest absolute Gasteiger partial charge is 0.317 e. The second-order valence-corrected chi connectivity index (χ2v) is 6.78. The molecule has 0 atom stereocenters. The molecule has 0 aliphatic carbocycles. The van der Waals surface area contributed by atoms with Crippen molar-refractivity contribution in [3.05, 3.63) is 16.9 Å². The molecule has 2 fully saturated rings. The average molecular weight is 327 g/mol. The lowest BCUT2D eigenvalue weighted by Crippen LogP contribution is -2.40. The lowest BCUT2D eigenvalue weighted by Gasteiger charge is -2.35. The van der Waals surface area contributed by atoms with Crippen LogP contribution in [0.15, 0.2) is 16.9 Å². The molecule has 0 aromatic carbocycles. The molecule has 4 nitrogen and oxygen atoms in total. The van der Waals surface area contributed by atoms with Crippen LogP contribution in [0.1, 0.15) is 31.7 Å². The zero-order valence-electron chi connectivity index (χ0n) is 11.4. The maximum Gasteiger partial charge on any atom is 0.0632 e. The summed E-state index contributed by atoms with van der Waals surface area (Å²) in [6, 6.07) is 0.593.